The van der Waals surface area contributed by atoms with Gasteiger partial charge in [-0.25, -0.2) is 10.0 Å². The van der Waals surface area contributed by atoms with Gasteiger partial charge in [-0.15, -0.1) is 0 Å². The van der Waals surface area contributed by atoms with E-state index in [-0.39, 0.29) is 10.2 Å². The van der Waals surface area contributed by atoms with Gasteiger partial charge in [0.25, 0.3) is 0 Å². The van der Waals surface area contributed by atoms with Gasteiger partial charge in [0.1, 0.15) is 11.2 Å². The molecule has 0 saturated carbocycles. The molecule has 65 heavy (non-hydrogen) atoms. The zero-order valence-electron chi connectivity index (χ0n) is 37.6. The molecule has 0 bridgehead atoms. The van der Waals surface area contributed by atoms with Crippen LogP contribution in [0.3, 0.4) is 0 Å². The molecular weight excluding hydrogens is 805 g/mol. The quantitative estimate of drug-likeness (QED) is 0.161. The molecule has 1 aromatic heterocycles. The molecule has 0 unspecified atom stereocenters. The summed E-state index contributed by atoms with van der Waals surface area (Å²) >= 11 is 0. The van der Waals surface area contributed by atoms with E-state index in [4.69, 9.17) is 4.42 Å². The Morgan fingerprint density at radius 1 is 0.431 bits per heavy atom. The van der Waals surface area contributed by atoms with Crippen molar-refractivity contribution in [3.8, 4) is 44.5 Å². The van der Waals surface area contributed by atoms with Crippen LogP contribution in [0.1, 0.15) is 56.9 Å². The van der Waals surface area contributed by atoms with Gasteiger partial charge in [0.05, 0.1) is 0 Å². The number of furan rings is 1. The van der Waals surface area contributed by atoms with Crippen LogP contribution < -0.4 is 0 Å². The fraction of sp³-hybridized carbons (Fsp3) is 0.143. The van der Waals surface area contributed by atoms with Gasteiger partial charge >= 0.3 is 0 Å². The highest BCUT2D eigenvalue weighted by Crippen LogP contribution is 2.72. The first-order valence-electron chi connectivity index (χ1n) is 23.1. The van der Waals surface area contributed by atoms with Gasteiger partial charge in [0.15, 0.2) is 0 Å². The maximum Gasteiger partial charge on any atom is 0.136 e. The molecule has 11 aromatic rings. The Morgan fingerprint density at radius 2 is 0.969 bits per heavy atom. The number of benzene rings is 10. The minimum Gasteiger partial charge on any atom is -0.456 e. The van der Waals surface area contributed by atoms with Crippen molar-refractivity contribution in [3.63, 3.8) is 0 Å². The Hall–Kier alpha value is -6.87. The van der Waals surface area contributed by atoms with Crippen molar-refractivity contribution in [2.45, 2.75) is 61.2 Å². The molecule has 314 valence electrons. The Kier molecular flexibility index (Phi) is 8.20. The third-order valence-corrected chi connectivity index (χ3v) is 20.4. The average molecular weight is 855 g/mol. The molecule has 0 radical (unpaired) electrons. The standard InChI is InChI=1S/C63H50OS/c1-62(2,3)65(37-43-18-8-9-19-44(43)38-65)46-29-26-39(27-30-46)45-33-54(61-52-24-14-15-25-57(52)64-58(61)36-45)60-50-22-12-10-20-48(50)59(49-21-11-13-23-51(49)60)42-28-31-47-53-32-40-16-6-7-17-41(40)34-56(53)63(4,5)55(47)35-42/h6-36H,37-38H2,1-5H3. The molecule has 0 saturated heterocycles. The van der Waals surface area contributed by atoms with Gasteiger partial charge < -0.3 is 4.42 Å². The van der Waals surface area contributed by atoms with Crippen LogP contribution in [0.25, 0.3) is 98.8 Å². The second-order valence-corrected chi connectivity index (χ2v) is 24.1. The fourth-order valence-electron chi connectivity index (χ4n) is 11.8. The Morgan fingerprint density at radius 3 is 1.62 bits per heavy atom. The summed E-state index contributed by atoms with van der Waals surface area (Å²) in [5.74, 6) is 2.29. The molecule has 0 fully saturated rings. The lowest BCUT2D eigenvalue weighted by Gasteiger charge is -2.48. The number of rotatable bonds is 4. The monoisotopic (exact) mass is 854 g/mol. The molecule has 2 aliphatic rings. The van der Waals surface area contributed by atoms with Gasteiger partial charge in [-0.2, -0.15) is 0 Å². The van der Waals surface area contributed by atoms with Gasteiger partial charge in [0, 0.05) is 27.7 Å². The first-order valence-corrected chi connectivity index (χ1v) is 25.1. The van der Waals surface area contributed by atoms with E-state index in [0.717, 1.165) is 39.0 Å². The summed E-state index contributed by atoms with van der Waals surface area (Å²) in [5, 5.41) is 9.88. The van der Waals surface area contributed by atoms with Crippen LogP contribution in [-0.4, -0.2) is 4.75 Å². The number of hydrogen-bond donors (Lipinski definition) is 0. The minimum absolute atomic E-state index is 0.139. The van der Waals surface area contributed by atoms with E-state index in [1.54, 1.807) is 0 Å². The van der Waals surface area contributed by atoms with E-state index in [2.05, 4.69) is 223 Å². The molecule has 2 heterocycles. The summed E-state index contributed by atoms with van der Waals surface area (Å²) < 4.78 is 6.98. The van der Waals surface area contributed by atoms with Crippen LogP contribution in [0.15, 0.2) is 197 Å². The second-order valence-electron chi connectivity index (χ2n) is 20.0. The Labute approximate surface area is 382 Å². The van der Waals surface area contributed by atoms with Crippen LogP contribution in [0.5, 0.6) is 0 Å². The Balaban J connectivity index is 1.01. The normalized spacial score (nSPS) is 15.5. The van der Waals surface area contributed by atoms with E-state index < -0.39 is 10.0 Å². The van der Waals surface area contributed by atoms with Crippen molar-refractivity contribution < 1.29 is 4.42 Å². The maximum atomic E-state index is 6.81. The summed E-state index contributed by atoms with van der Waals surface area (Å²) in [7, 11) is -1.14. The third kappa shape index (κ3) is 5.60. The van der Waals surface area contributed by atoms with Gasteiger partial charge in [-0.05, 0) is 157 Å². The molecule has 0 N–H and O–H groups in total. The molecule has 0 atom stereocenters. The molecule has 1 nitrogen and oxygen atoms in total. The largest absolute Gasteiger partial charge is 0.456 e. The lowest BCUT2D eigenvalue weighted by atomic mass is 9.80. The minimum atomic E-state index is -1.14. The van der Waals surface area contributed by atoms with E-state index >= 15 is 0 Å². The van der Waals surface area contributed by atoms with Crippen molar-refractivity contribution in [2.24, 2.45) is 0 Å². The lowest BCUT2D eigenvalue weighted by molar-refractivity contribution is 0.661. The van der Waals surface area contributed by atoms with Crippen LogP contribution in [0.2, 0.25) is 0 Å². The first-order chi connectivity index (χ1) is 31.6. The van der Waals surface area contributed by atoms with Crippen molar-refractivity contribution in [3.05, 3.63) is 210 Å². The fourth-order valence-corrected chi connectivity index (χ4v) is 16.1. The zero-order chi connectivity index (χ0) is 43.8. The van der Waals surface area contributed by atoms with E-state index in [1.807, 2.05) is 0 Å². The smallest absolute Gasteiger partial charge is 0.136 e. The zero-order valence-corrected chi connectivity index (χ0v) is 38.4. The van der Waals surface area contributed by atoms with Crippen LogP contribution in [-0.2, 0) is 16.9 Å². The summed E-state index contributed by atoms with van der Waals surface area (Å²) in [6.45, 7) is 12.2. The lowest BCUT2D eigenvalue weighted by Crippen LogP contribution is -2.25. The second kappa shape index (κ2) is 13.8. The summed E-state index contributed by atoms with van der Waals surface area (Å²) in [4.78, 5) is 1.50. The topological polar surface area (TPSA) is 13.1 Å². The van der Waals surface area contributed by atoms with E-state index in [1.165, 1.54) is 98.4 Å². The van der Waals surface area contributed by atoms with Crippen LogP contribution >= 0.6 is 10.0 Å². The van der Waals surface area contributed by atoms with Crippen LogP contribution in [0, 0.1) is 0 Å². The summed E-state index contributed by atoms with van der Waals surface area (Å²) in [6, 6.07) is 71.0. The number of para-hydroxylation sites is 1. The molecule has 10 aromatic carbocycles. The molecule has 2 heteroatoms. The van der Waals surface area contributed by atoms with Gasteiger partial charge in [-0.3, -0.25) is 0 Å². The van der Waals surface area contributed by atoms with Crippen molar-refractivity contribution in [1.82, 2.24) is 0 Å². The first kappa shape index (κ1) is 38.6. The predicted molar refractivity (Wildman–Crippen MR) is 280 cm³/mol. The third-order valence-electron chi connectivity index (χ3n) is 15.2. The highest BCUT2D eigenvalue weighted by Gasteiger charge is 2.43. The highest BCUT2D eigenvalue weighted by molar-refractivity contribution is 8.33. The summed E-state index contributed by atoms with van der Waals surface area (Å²) in [5.41, 5.74) is 17.5. The average Bonchev–Trinajstić information content (AvgIpc) is 3.98. The molecule has 1 aliphatic heterocycles. The molecule has 1 aliphatic carbocycles. The van der Waals surface area contributed by atoms with Gasteiger partial charge in [-0.1, -0.05) is 174 Å². The Bertz CT molecular complexity index is 3700. The van der Waals surface area contributed by atoms with Crippen molar-refractivity contribution >= 4 is 64.3 Å². The number of hydrogen-bond acceptors (Lipinski definition) is 1. The molecule has 13 rings (SSSR count). The van der Waals surface area contributed by atoms with Crippen molar-refractivity contribution in [2.75, 3.05) is 0 Å². The number of fused-ring (bicyclic) bond motifs is 10. The van der Waals surface area contributed by atoms with Crippen LogP contribution in [0.4, 0.5) is 0 Å². The summed E-state index contributed by atoms with van der Waals surface area (Å²) in [6.07, 6.45) is 0. The highest BCUT2D eigenvalue weighted by atomic mass is 32.3. The SMILES string of the molecule is CC1(C)c2cc(-c3c4ccccc4c(-c4cc(-c5ccc(S6(C(C)(C)C)Cc7ccccc7C6)cc5)cc5oc6ccccc6c45)c4ccccc34)ccc2-c2cc3ccccc3cc21. The molecule has 0 spiro atoms. The maximum absolute atomic E-state index is 6.81. The van der Waals surface area contributed by atoms with Crippen molar-refractivity contribution in [1.29, 1.82) is 0 Å². The molecular formula is C63H50OS. The predicted octanol–water partition coefficient (Wildman–Crippen LogP) is 18.0. The van der Waals surface area contributed by atoms with Gasteiger partial charge in [0.2, 0.25) is 0 Å². The molecule has 0 amide bonds. The van der Waals surface area contributed by atoms with E-state index in [0.29, 0.717) is 0 Å². The van der Waals surface area contributed by atoms with E-state index in [9.17, 15) is 0 Å².